The van der Waals surface area contributed by atoms with Crippen molar-refractivity contribution in [2.24, 2.45) is 5.73 Å². The third kappa shape index (κ3) is 3.56. The molecule has 0 aliphatic carbocycles. The first-order chi connectivity index (χ1) is 12.8. The zero-order valence-electron chi connectivity index (χ0n) is 14.9. The van der Waals surface area contributed by atoms with Crippen LogP contribution in [0.3, 0.4) is 0 Å². The lowest BCUT2D eigenvalue weighted by molar-refractivity contribution is 0.694. The van der Waals surface area contributed by atoms with Crippen LogP contribution < -0.4 is 5.73 Å². The Morgan fingerprint density at radius 2 is 1.35 bits per heavy atom. The summed E-state index contributed by atoms with van der Waals surface area (Å²) in [5.74, 6) is 0. The number of rotatable bonds is 6. The Balaban J connectivity index is 1.61. The molecule has 0 saturated heterocycles. The largest absolute Gasteiger partial charge is 0.347 e. The number of hydrogen-bond donors (Lipinski definition) is 1. The van der Waals surface area contributed by atoms with Gasteiger partial charge in [0.05, 0.1) is 0 Å². The van der Waals surface area contributed by atoms with Crippen molar-refractivity contribution in [1.29, 1.82) is 0 Å². The zero-order valence-corrected chi connectivity index (χ0v) is 14.9. The minimum atomic E-state index is 0.000255. The van der Waals surface area contributed by atoms with Crippen molar-refractivity contribution in [3.63, 3.8) is 0 Å². The van der Waals surface area contributed by atoms with Gasteiger partial charge in [-0.15, -0.1) is 0 Å². The lowest BCUT2D eigenvalue weighted by Crippen LogP contribution is -2.13. The van der Waals surface area contributed by atoms with E-state index in [1.165, 1.54) is 27.6 Å². The van der Waals surface area contributed by atoms with Crippen molar-refractivity contribution in [3.8, 4) is 0 Å². The van der Waals surface area contributed by atoms with Crippen molar-refractivity contribution >= 4 is 10.9 Å². The molecule has 2 heteroatoms. The Bertz CT molecular complexity index is 971. The summed E-state index contributed by atoms with van der Waals surface area (Å²) < 4.78 is 2.35. The summed E-state index contributed by atoms with van der Waals surface area (Å²) in [6, 6.07) is 29.7. The van der Waals surface area contributed by atoms with Gasteiger partial charge >= 0.3 is 0 Å². The molecule has 1 heterocycles. The fourth-order valence-corrected chi connectivity index (χ4v) is 3.63. The fourth-order valence-electron chi connectivity index (χ4n) is 3.63. The maximum Gasteiger partial charge on any atom is 0.0483 e. The van der Waals surface area contributed by atoms with Crippen molar-refractivity contribution in [2.75, 3.05) is 0 Å². The van der Waals surface area contributed by atoms with E-state index in [-0.39, 0.29) is 6.04 Å². The van der Waals surface area contributed by atoms with Gasteiger partial charge < -0.3 is 10.3 Å². The fraction of sp³-hybridized carbons (Fsp3) is 0.167. The molecule has 26 heavy (non-hydrogen) atoms. The molecule has 0 aliphatic rings. The average molecular weight is 340 g/mol. The molecular weight excluding hydrogens is 316 g/mol. The van der Waals surface area contributed by atoms with Crippen LogP contribution in [0.25, 0.3) is 10.9 Å². The van der Waals surface area contributed by atoms with Crippen LogP contribution in [0.5, 0.6) is 0 Å². The van der Waals surface area contributed by atoms with Gasteiger partial charge in [-0.25, -0.2) is 0 Å². The molecule has 0 aliphatic heterocycles. The lowest BCUT2D eigenvalue weighted by Gasteiger charge is -2.11. The van der Waals surface area contributed by atoms with Crippen LogP contribution in [0.15, 0.2) is 91.1 Å². The number of aromatic nitrogens is 1. The van der Waals surface area contributed by atoms with Gasteiger partial charge in [0.1, 0.15) is 0 Å². The van der Waals surface area contributed by atoms with E-state index in [9.17, 15) is 0 Å². The van der Waals surface area contributed by atoms with Gasteiger partial charge in [-0.3, -0.25) is 0 Å². The molecule has 0 fully saturated rings. The molecule has 0 radical (unpaired) electrons. The van der Waals surface area contributed by atoms with Crippen LogP contribution in [0.4, 0.5) is 0 Å². The molecule has 0 amide bonds. The van der Waals surface area contributed by atoms with E-state index in [1.807, 2.05) is 6.07 Å². The second kappa shape index (κ2) is 7.59. The maximum atomic E-state index is 6.60. The summed E-state index contributed by atoms with van der Waals surface area (Å²) in [7, 11) is 0. The maximum absolute atomic E-state index is 6.60. The molecule has 0 saturated carbocycles. The molecule has 2 N–H and O–H groups in total. The Morgan fingerprint density at radius 1 is 0.731 bits per heavy atom. The van der Waals surface area contributed by atoms with Crippen LogP contribution in [0.2, 0.25) is 0 Å². The minimum Gasteiger partial charge on any atom is -0.347 e. The third-order valence-corrected chi connectivity index (χ3v) is 5.00. The monoisotopic (exact) mass is 340 g/mol. The molecule has 3 aromatic carbocycles. The van der Waals surface area contributed by atoms with E-state index in [1.54, 1.807) is 0 Å². The Morgan fingerprint density at radius 3 is 2.08 bits per heavy atom. The molecule has 4 aromatic rings. The van der Waals surface area contributed by atoms with Crippen molar-refractivity contribution in [1.82, 2.24) is 4.57 Å². The number of benzene rings is 3. The van der Waals surface area contributed by atoms with Gasteiger partial charge in [-0.05, 0) is 35.6 Å². The van der Waals surface area contributed by atoms with E-state index >= 15 is 0 Å². The molecule has 4 rings (SSSR count). The predicted octanol–water partition coefficient (Wildman–Crippen LogP) is 5.13. The van der Waals surface area contributed by atoms with E-state index < -0.39 is 0 Å². The summed E-state index contributed by atoms with van der Waals surface area (Å²) in [5, 5.41) is 1.27. The van der Waals surface area contributed by atoms with Crippen molar-refractivity contribution in [3.05, 3.63) is 108 Å². The van der Waals surface area contributed by atoms with Gasteiger partial charge in [-0.2, -0.15) is 0 Å². The normalized spacial score (nSPS) is 12.3. The molecule has 1 atom stereocenters. The highest BCUT2D eigenvalue weighted by Gasteiger charge is 2.15. The van der Waals surface area contributed by atoms with Crippen LogP contribution in [-0.2, 0) is 19.4 Å². The van der Waals surface area contributed by atoms with E-state index in [0.717, 1.165) is 19.4 Å². The average Bonchev–Trinajstić information content (AvgIpc) is 3.07. The molecule has 0 spiro atoms. The first kappa shape index (κ1) is 16.6. The highest BCUT2D eigenvalue weighted by molar-refractivity contribution is 5.84. The topological polar surface area (TPSA) is 30.9 Å². The highest BCUT2D eigenvalue weighted by Crippen LogP contribution is 2.27. The molecule has 2 nitrogen and oxygen atoms in total. The number of hydrogen-bond acceptors (Lipinski definition) is 1. The summed E-state index contributed by atoms with van der Waals surface area (Å²) in [5.41, 5.74) is 11.7. The van der Waals surface area contributed by atoms with Crippen LogP contribution in [0.1, 0.15) is 22.7 Å². The second-order valence-electron chi connectivity index (χ2n) is 6.83. The number of fused-ring (bicyclic) bond motifs is 1. The molecule has 0 bridgehead atoms. The quantitative estimate of drug-likeness (QED) is 0.518. The number of nitrogens with zero attached hydrogens (tertiary/aromatic N) is 1. The summed E-state index contributed by atoms with van der Waals surface area (Å²) in [4.78, 5) is 0. The van der Waals surface area contributed by atoms with Gasteiger partial charge in [0.2, 0.25) is 0 Å². The van der Waals surface area contributed by atoms with Gasteiger partial charge in [0.15, 0.2) is 0 Å². The van der Waals surface area contributed by atoms with Crippen molar-refractivity contribution in [2.45, 2.75) is 25.4 Å². The first-order valence-electron chi connectivity index (χ1n) is 9.22. The molecule has 1 unspecified atom stereocenters. The number of para-hydroxylation sites is 1. The summed E-state index contributed by atoms with van der Waals surface area (Å²) >= 11 is 0. The summed E-state index contributed by atoms with van der Waals surface area (Å²) in [6.07, 6.45) is 4.13. The zero-order chi connectivity index (χ0) is 17.8. The Kier molecular flexibility index (Phi) is 4.85. The molecular formula is C24H24N2. The highest BCUT2D eigenvalue weighted by atomic mass is 15.0. The smallest absolute Gasteiger partial charge is 0.0483 e. The van der Waals surface area contributed by atoms with Crippen LogP contribution >= 0.6 is 0 Å². The minimum absolute atomic E-state index is 0.000255. The Labute approximate surface area is 154 Å². The van der Waals surface area contributed by atoms with Gasteiger partial charge in [0.25, 0.3) is 0 Å². The van der Waals surface area contributed by atoms with E-state index in [2.05, 4.69) is 89.6 Å². The van der Waals surface area contributed by atoms with Gasteiger partial charge in [-0.1, -0.05) is 78.9 Å². The van der Waals surface area contributed by atoms with Crippen LogP contribution in [-0.4, -0.2) is 4.57 Å². The number of aryl methyl sites for hydroxylation is 2. The molecule has 1 aromatic heterocycles. The molecule has 130 valence electrons. The SMILES string of the molecule is NC(Cc1ccccc1)c1cn(CCc2ccccc2)c2ccccc12. The van der Waals surface area contributed by atoms with Crippen molar-refractivity contribution < 1.29 is 0 Å². The first-order valence-corrected chi connectivity index (χ1v) is 9.22. The van der Waals surface area contributed by atoms with E-state index in [4.69, 9.17) is 5.73 Å². The lowest BCUT2D eigenvalue weighted by atomic mass is 9.99. The second-order valence-corrected chi connectivity index (χ2v) is 6.83. The van der Waals surface area contributed by atoms with Gasteiger partial charge in [0, 0.05) is 29.7 Å². The standard InChI is InChI=1S/C24H24N2/c25-23(17-20-11-5-2-6-12-20)22-18-26(24-14-8-7-13-21(22)24)16-15-19-9-3-1-4-10-19/h1-14,18,23H,15-17,25H2. The summed E-state index contributed by atoms with van der Waals surface area (Å²) in [6.45, 7) is 0.961. The Hall–Kier alpha value is -2.84. The predicted molar refractivity (Wildman–Crippen MR) is 109 cm³/mol. The third-order valence-electron chi connectivity index (χ3n) is 5.00. The van der Waals surface area contributed by atoms with E-state index in [0.29, 0.717) is 0 Å². The van der Waals surface area contributed by atoms with Crippen LogP contribution in [0, 0.1) is 0 Å². The number of nitrogens with two attached hydrogens (primary N) is 1.